The molecule has 0 radical (unpaired) electrons. The number of rotatable bonds is 4. The SMILES string of the molecule is NC(=O)CN1CCC(N[C@H]2CCCCc3ccccc32)CC1. The molecular weight excluding hydrogens is 274 g/mol. The predicted molar refractivity (Wildman–Crippen MR) is 88.5 cm³/mol. The number of primary amides is 1. The lowest BCUT2D eigenvalue weighted by atomic mass is 9.96. The normalized spacial score (nSPS) is 23.7. The minimum Gasteiger partial charge on any atom is -0.369 e. The molecule has 1 aromatic carbocycles. The molecule has 1 saturated heterocycles. The van der Waals surface area contributed by atoms with E-state index in [1.807, 2.05) is 0 Å². The van der Waals surface area contributed by atoms with Crippen LogP contribution in [0, 0.1) is 0 Å². The average Bonchev–Trinajstić information content (AvgIpc) is 2.71. The Morgan fingerprint density at radius 2 is 1.95 bits per heavy atom. The number of nitrogens with one attached hydrogen (secondary N) is 1. The summed E-state index contributed by atoms with van der Waals surface area (Å²) < 4.78 is 0. The number of piperidine rings is 1. The summed E-state index contributed by atoms with van der Waals surface area (Å²) in [5, 5.41) is 3.89. The first-order chi connectivity index (χ1) is 10.7. The second kappa shape index (κ2) is 7.25. The van der Waals surface area contributed by atoms with Crippen molar-refractivity contribution in [1.29, 1.82) is 0 Å². The highest BCUT2D eigenvalue weighted by molar-refractivity contribution is 5.75. The second-order valence-corrected chi connectivity index (χ2v) is 6.68. The number of benzene rings is 1. The van der Waals surface area contributed by atoms with Crippen LogP contribution in [0.2, 0.25) is 0 Å². The summed E-state index contributed by atoms with van der Waals surface area (Å²) in [5.74, 6) is -0.218. The Kier molecular flexibility index (Phi) is 5.11. The summed E-state index contributed by atoms with van der Waals surface area (Å²) in [7, 11) is 0. The van der Waals surface area contributed by atoms with Gasteiger partial charge in [0, 0.05) is 25.2 Å². The Morgan fingerprint density at radius 3 is 2.73 bits per heavy atom. The lowest BCUT2D eigenvalue weighted by molar-refractivity contribution is -0.119. The lowest BCUT2D eigenvalue weighted by Crippen LogP contribution is -2.46. The van der Waals surface area contributed by atoms with E-state index >= 15 is 0 Å². The molecule has 1 heterocycles. The number of aryl methyl sites for hydroxylation is 1. The molecule has 0 aromatic heterocycles. The van der Waals surface area contributed by atoms with Crippen LogP contribution < -0.4 is 11.1 Å². The van der Waals surface area contributed by atoms with E-state index in [4.69, 9.17) is 5.73 Å². The van der Waals surface area contributed by atoms with Crippen LogP contribution >= 0.6 is 0 Å². The predicted octanol–water partition coefficient (Wildman–Crippen LogP) is 1.99. The Bertz CT molecular complexity index is 509. The van der Waals surface area contributed by atoms with Gasteiger partial charge in [-0.1, -0.05) is 30.7 Å². The fourth-order valence-corrected chi connectivity index (χ4v) is 3.86. The van der Waals surface area contributed by atoms with E-state index in [-0.39, 0.29) is 5.91 Å². The van der Waals surface area contributed by atoms with E-state index in [1.54, 1.807) is 0 Å². The number of amides is 1. The Hall–Kier alpha value is -1.39. The third-order valence-corrected chi connectivity index (χ3v) is 5.02. The molecule has 1 atom stereocenters. The molecule has 0 bridgehead atoms. The molecule has 0 unspecified atom stereocenters. The zero-order valence-electron chi connectivity index (χ0n) is 13.3. The average molecular weight is 301 g/mol. The molecule has 1 fully saturated rings. The highest BCUT2D eigenvalue weighted by atomic mass is 16.1. The van der Waals surface area contributed by atoms with Gasteiger partial charge >= 0.3 is 0 Å². The van der Waals surface area contributed by atoms with Gasteiger partial charge in [-0.05, 0) is 43.2 Å². The van der Waals surface area contributed by atoms with Gasteiger partial charge in [0.15, 0.2) is 0 Å². The van der Waals surface area contributed by atoms with Crippen molar-refractivity contribution < 1.29 is 4.79 Å². The summed E-state index contributed by atoms with van der Waals surface area (Å²) in [6.07, 6.45) is 7.25. The van der Waals surface area contributed by atoms with Crippen molar-refractivity contribution in [3.05, 3.63) is 35.4 Å². The fraction of sp³-hybridized carbons (Fsp3) is 0.611. The minimum atomic E-state index is -0.218. The summed E-state index contributed by atoms with van der Waals surface area (Å²) >= 11 is 0. The summed E-state index contributed by atoms with van der Waals surface area (Å²) in [6, 6.07) is 9.94. The van der Waals surface area contributed by atoms with E-state index in [9.17, 15) is 4.79 Å². The van der Waals surface area contributed by atoms with E-state index < -0.39 is 0 Å². The van der Waals surface area contributed by atoms with Crippen LogP contribution in [0.15, 0.2) is 24.3 Å². The van der Waals surface area contributed by atoms with Gasteiger partial charge in [-0.2, -0.15) is 0 Å². The van der Waals surface area contributed by atoms with Gasteiger partial charge in [-0.3, -0.25) is 9.69 Å². The molecular formula is C18H27N3O. The van der Waals surface area contributed by atoms with Gasteiger partial charge in [-0.15, -0.1) is 0 Å². The van der Waals surface area contributed by atoms with Gasteiger partial charge in [0.05, 0.1) is 6.54 Å². The molecule has 0 saturated carbocycles. The number of nitrogens with two attached hydrogens (primary N) is 1. The number of fused-ring (bicyclic) bond motifs is 1. The lowest BCUT2D eigenvalue weighted by Gasteiger charge is -2.34. The number of nitrogens with zero attached hydrogens (tertiary/aromatic N) is 1. The zero-order chi connectivity index (χ0) is 15.4. The number of likely N-dealkylation sites (tertiary alicyclic amines) is 1. The molecule has 120 valence electrons. The molecule has 2 aliphatic rings. The molecule has 3 rings (SSSR count). The van der Waals surface area contributed by atoms with Gasteiger partial charge in [0.1, 0.15) is 0 Å². The molecule has 0 spiro atoms. The monoisotopic (exact) mass is 301 g/mol. The van der Waals surface area contributed by atoms with E-state index in [0.717, 1.165) is 25.9 Å². The van der Waals surface area contributed by atoms with Gasteiger partial charge in [-0.25, -0.2) is 0 Å². The van der Waals surface area contributed by atoms with Crippen LogP contribution in [0.25, 0.3) is 0 Å². The Morgan fingerprint density at radius 1 is 1.18 bits per heavy atom. The number of hydrogen-bond donors (Lipinski definition) is 2. The summed E-state index contributed by atoms with van der Waals surface area (Å²) in [5.41, 5.74) is 8.30. The van der Waals surface area contributed by atoms with E-state index in [0.29, 0.717) is 18.6 Å². The minimum absolute atomic E-state index is 0.218. The molecule has 4 heteroatoms. The maximum atomic E-state index is 11.0. The van der Waals surface area contributed by atoms with Gasteiger partial charge in [0.2, 0.25) is 5.91 Å². The first-order valence-corrected chi connectivity index (χ1v) is 8.57. The van der Waals surface area contributed by atoms with Crippen molar-refractivity contribution in [2.75, 3.05) is 19.6 Å². The molecule has 1 aromatic rings. The van der Waals surface area contributed by atoms with Crippen LogP contribution in [0.1, 0.15) is 49.3 Å². The molecule has 3 N–H and O–H groups in total. The van der Waals surface area contributed by atoms with Crippen molar-refractivity contribution in [2.24, 2.45) is 5.73 Å². The third-order valence-electron chi connectivity index (χ3n) is 5.02. The summed E-state index contributed by atoms with van der Waals surface area (Å²) in [6.45, 7) is 2.34. The van der Waals surface area contributed by atoms with Crippen molar-refractivity contribution in [2.45, 2.75) is 50.6 Å². The van der Waals surface area contributed by atoms with Crippen molar-refractivity contribution in [1.82, 2.24) is 10.2 Å². The third kappa shape index (κ3) is 3.87. The molecule has 1 amide bonds. The standard InChI is InChI=1S/C18H27N3O/c19-18(22)13-21-11-9-15(10-12-21)20-17-8-4-2-6-14-5-1-3-7-16(14)17/h1,3,5,7,15,17,20H,2,4,6,8-13H2,(H2,19,22)/t17-/m0/s1. The van der Waals surface area contributed by atoms with Crippen LogP contribution in [-0.2, 0) is 11.2 Å². The first-order valence-electron chi connectivity index (χ1n) is 8.57. The topological polar surface area (TPSA) is 58.4 Å². The van der Waals surface area contributed by atoms with Crippen molar-refractivity contribution in [3.8, 4) is 0 Å². The van der Waals surface area contributed by atoms with Gasteiger partial charge < -0.3 is 11.1 Å². The maximum Gasteiger partial charge on any atom is 0.231 e. The fourth-order valence-electron chi connectivity index (χ4n) is 3.86. The van der Waals surface area contributed by atoms with Crippen molar-refractivity contribution >= 4 is 5.91 Å². The van der Waals surface area contributed by atoms with Crippen LogP contribution in [0.4, 0.5) is 0 Å². The number of hydrogen-bond acceptors (Lipinski definition) is 3. The molecule has 1 aliphatic carbocycles. The summed E-state index contributed by atoms with van der Waals surface area (Å²) in [4.78, 5) is 13.2. The first kappa shape index (κ1) is 15.5. The molecule has 22 heavy (non-hydrogen) atoms. The highest BCUT2D eigenvalue weighted by Crippen LogP contribution is 2.29. The number of carbonyl (C=O) groups excluding carboxylic acids is 1. The van der Waals surface area contributed by atoms with Crippen LogP contribution in [0.3, 0.4) is 0 Å². The number of carbonyl (C=O) groups is 1. The highest BCUT2D eigenvalue weighted by Gasteiger charge is 2.24. The smallest absolute Gasteiger partial charge is 0.231 e. The Balaban J connectivity index is 1.59. The zero-order valence-corrected chi connectivity index (χ0v) is 13.3. The van der Waals surface area contributed by atoms with E-state index in [2.05, 4.69) is 34.5 Å². The van der Waals surface area contributed by atoms with Crippen LogP contribution in [-0.4, -0.2) is 36.5 Å². The van der Waals surface area contributed by atoms with Gasteiger partial charge in [0.25, 0.3) is 0 Å². The van der Waals surface area contributed by atoms with Crippen molar-refractivity contribution in [3.63, 3.8) is 0 Å². The van der Waals surface area contributed by atoms with E-state index in [1.165, 1.54) is 36.8 Å². The molecule has 4 nitrogen and oxygen atoms in total. The Labute approximate surface area is 133 Å². The second-order valence-electron chi connectivity index (χ2n) is 6.68. The maximum absolute atomic E-state index is 11.0. The molecule has 1 aliphatic heterocycles. The van der Waals surface area contributed by atoms with Crippen LogP contribution in [0.5, 0.6) is 0 Å². The largest absolute Gasteiger partial charge is 0.369 e. The quantitative estimate of drug-likeness (QED) is 0.836.